The highest BCUT2D eigenvalue weighted by atomic mass is 14.4. The molecule has 2 atom stereocenters. The van der Waals surface area contributed by atoms with Crippen LogP contribution in [-0.4, -0.2) is 0 Å². The molecule has 0 heteroatoms. The third kappa shape index (κ3) is 4.99. The van der Waals surface area contributed by atoms with Gasteiger partial charge in [-0.05, 0) is 105 Å². The van der Waals surface area contributed by atoms with Crippen LogP contribution in [0.2, 0.25) is 0 Å². The molecule has 0 saturated heterocycles. The molecular weight excluding hydrogens is 649 g/mol. The highest BCUT2D eigenvalue weighted by molar-refractivity contribution is 6.15. The van der Waals surface area contributed by atoms with Gasteiger partial charge in [0.15, 0.2) is 0 Å². The Labute approximate surface area is 316 Å². The van der Waals surface area contributed by atoms with Gasteiger partial charge in [-0.15, -0.1) is 0 Å². The number of hydrogen-bond donors (Lipinski definition) is 0. The quantitative estimate of drug-likeness (QED) is 0.125. The van der Waals surface area contributed by atoms with E-state index in [9.17, 15) is 0 Å². The topological polar surface area (TPSA) is 0 Å². The van der Waals surface area contributed by atoms with E-state index < -0.39 is 0 Å². The summed E-state index contributed by atoms with van der Waals surface area (Å²) >= 11 is 0. The van der Waals surface area contributed by atoms with Crippen molar-refractivity contribution in [3.8, 4) is 22.3 Å². The fraction of sp³-hybridized carbons (Fsp3) is 0.0370. The predicted molar refractivity (Wildman–Crippen MR) is 231 cm³/mol. The molecule has 0 heterocycles. The molecule has 54 heavy (non-hydrogen) atoms. The van der Waals surface area contributed by atoms with Crippen LogP contribution >= 0.6 is 0 Å². The zero-order chi connectivity index (χ0) is 35.6. The SMILES string of the molecule is C1=CC2=CC(c3c4ccccc4c(-c4ccc(/C=C/c5ccc(-c6ccc7ccccc7c6)cc5)cc4)c4ccccc34)c3cccc4c3C2C(=C1)C=C4. The highest BCUT2D eigenvalue weighted by Gasteiger charge is 2.35. The molecule has 0 nitrogen and oxygen atoms in total. The number of allylic oxidation sites excluding steroid dienone is 7. The van der Waals surface area contributed by atoms with Gasteiger partial charge in [-0.1, -0.05) is 200 Å². The van der Waals surface area contributed by atoms with Crippen LogP contribution in [0.1, 0.15) is 45.2 Å². The summed E-state index contributed by atoms with van der Waals surface area (Å²) in [5.74, 6) is 0.473. The molecule has 252 valence electrons. The van der Waals surface area contributed by atoms with Crippen molar-refractivity contribution in [2.75, 3.05) is 0 Å². The Morgan fingerprint density at radius 2 is 1.06 bits per heavy atom. The molecule has 3 aliphatic carbocycles. The predicted octanol–water partition coefficient (Wildman–Crippen LogP) is 14.3. The van der Waals surface area contributed by atoms with E-state index in [0.29, 0.717) is 5.92 Å². The maximum atomic E-state index is 2.55. The van der Waals surface area contributed by atoms with Crippen LogP contribution in [0.4, 0.5) is 0 Å². The number of fused-ring (bicyclic) bond motifs is 3. The second-order valence-corrected chi connectivity index (χ2v) is 14.8. The third-order valence-electron chi connectivity index (χ3n) is 11.8. The summed E-state index contributed by atoms with van der Waals surface area (Å²) in [6.07, 6.45) is 18.4. The Hall–Kier alpha value is -6.76. The van der Waals surface area contributed by atoms with Crippen LogP contribution in [0.5, 0.6) is 0 Å². The molecule has 0 aromatic heterocycles. The molecule has 3 aliphatic rings. The lowest BCUT2D eigenvalue weighted by atomic mass is 9.66. The maximum Gasteiger partial charge on any atom is 0.0346 e. The minimum atomic E-state index is 0.153. The summed E-state index contributed by atoms with van der Waals surface area (Å²) in [5.41, 5.74) is 15.8. The first-order valence-corrected chi connectivity index (χ1v) is 19.0. The van der Waals surface area contributed by atoms with Gasteiger partial charge in [-0.2, -0.15) is 0 Å². The van der Waals surface area contributed by atoms with E-state index in [1.165, 1.54) is 99.1 Å². The van der Waals surface area contributed by atoms with Crippen LogP contribution in [0.3, 0.4) is 0 Å². The second kappa shape index (κ2) is 12.4. The van der Waals surface area contributed by atoms with Crippen LogP contribution in [0.15, 0.2) is 199 Å². The monoisotopic (exact) mass is 684 g/mol. The summed E-state index contributed by atoms with van der Waals surface area (Å²) < 4.78 is 0. The largest absolute Gasteiger partial charge is 0.0684 e. The lowest BCUT2D eigenvalue weighted by Gasteiger charge is -2.37. The van der Waals surface area contributed by atoms with Crippen LogP contribution in [0.25, 0.3) is 72.8 Å². The van der Waals surface area contributed by atoms with Crippen molar-refractivity contribution in [1.29, 1.82) is 0 Å². The molecule has 0 bridgehead atoms. The second-order valence-electron chi connectivity index (χ2n) is 14.8. The Morgan fingerprint density at radius 1 is 0.426 bits per heavy atom. The molecule has 0 aliphatic heterocycles. The molecular formula is C54H36. The van der Waals surface area contributed by atoms with Gasteiger partial charge in [0.1, 0.15) is 0 Å². The lowest BCUT2D eigenvalue weighted by Crippen LogP contribution is -2.20. The van der Waals surface area contributed by atoms with Crippen molar-refractivity contribution in [2.24, 2.45) is 0 Å². The fourth-order valence-corrected chi connectivity index (χ4v) is 9.27. The summed E-state index contributed by atoms with van der Waals surface area (Å²) in [7, 11) is 0. The average Bonchev–Trinajstić information content (AvgIpc) is 3.24. The zero-order valence-corrected chi connectivity index (χ0v) is 29.8. The molecule has 8 aromatic rings. The van der Waals surface area contributed by atoms with E-state index >= 15 is 0 Å². The van der Waals surface area contributed by atoms with Gasteiger partial charge in [-0.25, -0.2) is 0 Å². The van der Waals surface area contributed by atoms with E-state index in [2.05, 4.69) is 206 Å². The van der Waals surface area contributed by atoms with Crippen LogP contribution in [0, 0.1) is 0 Å². The van der Waals surface area contributed by atoms with Gasteiger partial charge in [0, 0.05) is 11.8 Å². The Bertz CT molecular complexity index is 2900. The van der Waals surface area contributed by atoms with Crippen LogP contribution < -0.4 is 0 Å². The van der Waals surface area contributed by atoms with Crippen LogP contribution in [-0.2, 0) is 0 Å². The number of rotatable bonds is 5. The molecule has 0 spiro atoms. The smallest absolute Gasteiger partial charge is 0.0346 e. The van der Waals surface area contributed by atoms with Gasteiger partial charge in [0.25, 0.3) is 0 Å². The van der Waals surface area contributed by atoms with Gasteiger partial charge in [-0.3, -0.25) is 0 Å². The number of hydrogen-bond acceptors (Lipinski definition) is 0. The van der Waals surface area contributed by atoms with Crippen molar-refractivity contribution in [1.82, 2.24) is 0 Å². The molecule has 0 radical (unpaired) electrons. The van der Waals surface area contributed by atoms with Gasteiger partial charge in [0.05, 0.1) is 0 Å². The molecule has 0 saturated carbocycles. The summed E-state index contributed by atoms with van der Waals surface area (Å²) in [6, 6.07) is 58.2. The molecule has 2 unspecified atom stereocenters. The summed E-state index contributed by atoms with van der Waals surface area (Å²) in [4.78, 5) is 0. The Morgan fingerprint density at radius 3 is 1.78 bits per heavy atom. The minimum Gasteiger partial charge on any atom is -0.0684 e. The summed E-state index contributed by atoms with van der Waals surface area (Å²) in [5, 5.41) is 7.78. The lowest BCUT2D eigenvalue weighted by molar-refractivity contribution is 0.849. The fourth-order valence-electron chi connectivity index (χ4n) is 9.27. The molecule has 0 fully saturated rings. The summed E-state index contributed by atoms with van der Waals surface area (Å²) in [6.45, 7) is 0. The number of benzene rings is 8. The first-order chi connectivity index (χ1) is 26.8. The first-order valence-electron chi connectivity index (χ1n) is 19.0. The van der Waals surface area contributed by atoms with Crippen molar-refractivity contribution >= 4 is 50.5 Å². The first kappa shape index (κ1) is 30.8. The van der Waals surface area contributed by atoms with Gasteiger partial charge in [0.2, 0.25) is 0 Å². The molecule has 8 aromatic carbocycles. The average molecular weight is 685 g/mol. The minimum absolute atomic E-state index is 0.153. The van der Waals surface area contributed by atoms with E-state index in [1.54, 1.807) is 0 Å². The molecule has 0 amide bonds. The van der Waals surface area contributed by atoms with E-state index in [-0.39, 0.29) is 5.92 Å². The third-order valence-corrected chi connectivity index (χ3v) is 11.8. The normalized spacial score (nSPS) is 16.9. The van der Waals surface area contributed by atoms with E-state index in [4.69, 9.17) is 0 Å². The zero-order valence-electron chi connectivity index (χ0n) is 29.8. The Kier molecular flexibility index (Phi) is 7.10. The van der Waals surface area contributed by atoms with Gasteiger partial charge >= 0.3 is 0 Å². The van der Waals surface area contributed by atoms with Crippen molar-refractivity contribution < 1.29 is 0 Å². The van der Waals surface area contributed by atoms with E-state index in [1.807, 2.05) is 0 Å². The molecule has 0 N–H and O–H groups in total. The maximum absolute atomic E-state index is 2.55. The standard InChI is InChI=1S/C54H36/c1-2-10-42-33-43(32-29-37(42)9-1)38-25-21-35(22-26-38)19-20-36-23-27-41(28-24-36)52-45-14-3-5-16-47(45)54(48-17-6-4-15-46(48)52)50-34-44-13-7-11-39-30-31-40-12-8-18-49(50)53(40)51(39)44/h1-34,50-51H/b20-19+. The highest BCUT2D eigenvalue weighted by Crippen LogP contribution is 2.53. The van der Waals surface area contributed by atoms with Crippen molar-refractivity contribution in [3.05, 3.63) is 233 Å². The molecule has 11 rings (SSSR count). The van der Waals surface area contributed by atoms with Crippen molar-refractivity contribution in [3.63, 3.8) is 0 Å². The Balaban J connectivity index is 0.961. The van der Waals surface area contributed by atoms with Crippen molar-refractivity contribution in [2.45, 2.75) is 11.8 Å². The van der Waals surface area contributed by atoms with Gasteiger partial charge < -0.3 is 0 Å². The van der Waals surface area contributed by atoms with E-state index in [0.717, 1.165) is 0 Å².